The molecule has 1 aromatic rings. The van der Waals surface area contributed by atoms with Gasteiger partial charge < -0.3 is 15.2 Å². The van der Waals surface area contributed by atoms with Crippen LogP contribution in [0.3, 0.4) is 0 Å². The minimum atomic E-state index is -0.971. The molecule has 1 amide bonds. The number of aliphatic carboxylic acids is 1. The first kappa shape index (κ1) is 16.9. The smallest absolute Gasteiger partial charge is 0.312 e. The molecule has 2 N–H and O–H groups in total. The highest BCUT2D eigenvalue weighted by molar-refractivity contribution is 5.82. The lowest BCUT2D eigenvalue weighted by Gasteiger charge is -2.16. The molecule has 1 aromatic carbocycles. The van der Waals surface area contributed by atoms with E-state index >= 15 is 0 Å². The topological polar surface area (TPSA) is 75.6 Å². The van der Waals surface area contributed by atoms with E-state index in [1.54, 1.807) is 37.3 Å². The number of carboxylic acid groups (broad SMARTS) is 1. The Bertz CT molecular complexity index is 472. The third kappa shape index (κ3) is 5.79. The summed E-state index contributed by atoms with van der Waals surface area (Å²) >= 11 is 0. The molecule has 0 aliphatic heterocycles. The van der Waals surface area contributed by atoms with E-state index in [9.17, 15) is 14.7 Å². The van der Waals surface area contributed by atoms with Gasteiger partial charge >= 0.3 is 5.97 Å². The fourth-order valence-electron chi connectivity index (χ4n) is 1.78. The second kappa shape index (κ2) is 8.92. The molecule has 2 unspecified atom stereocenters. The van der Waals surface area contributed by atoms with Crippen molar-refractivity contribution < 1.29 is 19.4 Å². The number of hydrogen-bond donors (Lipinski definition) is 2. The number of carboxylic acids is 1. The number of amides is 1. The third-order valence-corrected chi connectivity index (χ3v) is 3.04. The van der Waals surface area contributed by atoms with E-state index in [0.29, 0.717) is 18.6 Å². The van der Waals surface area contributed by atoms with Crippen LogP contribution in [0.25, 0.3) is 0 Å². The molecule has 0 aliphatic carbocycles. The van der Waals surface area contributed by atoms with Crippen LogP contribution in [0, 0.1) is 0 Å². The lowest BCUT2D eigenvalue weighted by atomic mass is 9.99. The second-order valence-electron chi connectivity index (χ2n) is 4.64. The maximum absolute atomic E-state index is 11.8. The van der Waals surface area contributed by atoms with Gasteiger partial charge in [0.15, 0.2) is 0 Å². The molecule has 0 fully saturated rings. The van der Waals surface area contributed by atoms with E-state index in [1.165, 1.54) is 0 Å². The Morgan fingerprint density at radius 2 is 2.05 bits per heavy atom. The zero-order valence-corrected chi connectivity index (χ0v) is 12.1. The number of nitrogens with one attached hydrogen (secondary N) is 1. The summed E-state index contributed by atoms with van der Waals surface area (Å²) in [5.74, 6) is -2.06. The normalized spacial score (nSPS) is 13.2. The van der Waals surface area contributed by atoms with Gasteiger partial charge in [0.2, 0.25) is 5.91 Å². The molecule has 5 heteroatoms. The molecule has 114 valence electrons. The van der Waals surface area contributed by atoms with E-state index in [4.69, 9.17) is 4.74 Å². The summed E-state index contributed by atoms with van der Waals surface area (Å²) in [5.41, 5.74) is 0.658. The van der Waals surface area contributed by atoms with Crippen LogP contribution in [0.2, 0.25) is 0 Å². The Labute approximate surface area is 124 Å². The van der Waals surface area contributed by atoms with Gasteiger partial charge in [0, 0.05) is 6.54 Å². The highest BCUT2D eigenvalue weighted by Gasteiger charge is 2.22. The van der Waals surface area contributed by atoms with Gasteiger partial charge in [-0.1, -0.05) is 36.4 Å². The number of ether oxygens (including phenoxy) is 1. The number of benzene rings is 1. The molecular formula is C16H21NO4. The van der Waals surface area contributed by atoms with Crippen LogP contribution in [0.15, 0.2) is 43.0 Å². The van der Waals surface area contributed by atoms with Crippen molar-refractivity contribution in [3.05, 3.63) is 48.6 Å². The Hall–Kier alpha value is -2.14. The van der Waals surface area contributed by atoms with E-state index in [-0.39, 0.29) is 12.5 Å². The van der Waals surface area contributed by atoms with Crippen LogP contribution in [-0.4, -0.2) is 36.2 Å². The Morgan fingerprint density at radius 1 is 1.38 bits per heavy atom. The van der Waals surface area contributed by atoms with Gasteiger partial charge in [-0.2, -0.15) is 0 Å². The molecule has 0 aliphatic rings. The van der Waals surface area contributed by atoms with Gasteiger partial charge in [0.25, 0.3) is 0 Å². The van der Waals surface area contributed by atoms with Crippen molar-refractivity contribution in [3.63, 3.8) is 0 Å². The first-order valence-electron chi connectivity index (χ1n) is 6.84. The molecule has 0 spiro atoms. The van der Waals surface area contributed by atoms with Crippen molar-refractivity contribution in [2.45, 2.75) is 25.4 Å². The van der Waals surface area contributed by atoms with Crippen LogP contribution in [0.5, 0.6) is 0 Å². The second-order valence-corrected chi connectivity index (χ2v) is 4.64. The van der Waals surface area contributed by atoms with E-state index in [2.05, 4.69) is 11.9 Å². The maximum atomic E-state index is 11.8. The zero-order chi connectivity index (χ0) is 15.7. The van der Waals surface area contributed by atoms with Crippen molar-refractivity contribution >= 4 is 11.9 Å². The van der Waals surface area contributed by atoms with Gasteiger partial charge in [-0.3, -0.25) is 9.59 Å². The quantitative estimate of drug-likeness (QED) is 0.538. The summed E-state index contributed by atoms with van der Waals surface area (Å²) in [6.45, 7) is 5.66. The van der Waals surface area contributed by atoms with Crippen molar-refractivity contribution in [1.29, 1.82) is 0 Å². The van der Waals surface area contributed by atoms with E-state index < -0.39 is 18.0 Å². The number of carbonyl (C=O) groups excluding carboxylic acids is 1. The van der Waals surface area contributed by atoms with Crippen molar-refractivity contribution in [2.24, 2.45) is 0 Å². The summed E-state index contributed by atoms with van der Waals surface area (Å²) in [5, 5.41) is 11.9. The highest BCUT2D eigenvalue weighted by atomic mass is 16.5. The van der Waals surface area contributed by atoms with Crippen molar-refractivity contribution in [2.75, 3.05) is 13.2 Å². The lowest BCUT2D eigenvalue weighted by molar-refractivity contribution is -0.139. The monoisotopic (exact) mass is 291 g/mol. The first-order chi connectivity index (χ1) is 10.1. The molecule has 2 atom stereocenters. The number of carbonyl (C=O) groups is 2. The summed E-state index contributed by atoms with van der Waals surface area (Å²) < 4.78 is 5.31. The molecule has 0 bridgehead atoms. The van der Waals surface area contributed by atoms with Crippen LogP contribution >= 0.6 is 0 Å². The first-order valence-corrected chi connectivity index (χ1v) is 6.84. The molecule has 1 rings (SSSR count). The minimum Gasteiger partial charge on any atom is -0.481 e. The number of hydrogen-bond acceptors (Lipinski definition) is 3. The molecule has 0 saturated heterocycles. The highest BCUT2D eigenvalue weighted by Crippen LogP contribution is 2.14. The molecule has 21 heavy (non-hydrogen) atoms. The summed E-state index contributed by atoms with van der Waals surface area (Å²) in [6, 6.07) is 8.82. The predicted molar refractivity (Wildman–Crippen MR) is 80.1 cm³/mol. The summed E-state index contributed by atoms with van der Waals surface area (Å²) in [6.07, 6.45) is 1.76. The molecule has 5 nitrogen and oxygen atoms in total. The predicted octanol–water partition coefficient (Wildman–Crippen LogP) is 1.95. The third-order valence-electron chi connectivity index (χ3n) is 3.04. The molecule has 0 radical (unpaired) electrons. The largest absolute Gasteiger partial charge is 0.481 e. The molecule has 0 saturated carbocycles. The van der Waals surface area contributed by atoms with E-state index in [0.717, 1.165) is 0 Å². The van der Waals surface area contributed by atoms with Gasteiger partial charge in [-0.15, -0.1) is 6.58 Å². The fraction of sp³-hybridized carbons (Fsp3) is 0.375. The van der Waals surface area contributed by atoms with Gasteiger partial charge in [0.05, 0.1) is 12.5 Å². The van der Waals surface area contributed by atoms with Crippen LogP contribution in [0.1, 0.15) is 24.8 Å². The Kier molecular flexibility index (Phi) is 7.18. The molecule has 0 heterocycles. The van der Waals surface area contributed by atoms with Crippen LogP contribution in [0.4, 0.5) is 0 Å². The molecular weight excluding hydrogens is 270 g/mol. The zero-order valence-electron chi connectivity index (χ0n) is 12.1. The fourth-order valence-corrected chi connectivity index (χ4v) is 1.78. The molecule has 0 aromatic heterocycles. The Morgan fingerprint density at radius 3 is 2.62 bits per heavy atom. The van der Waals surface area contributed by atoms with Gasteiger partial charge in [0.1, 0.15) is 6.10 Å². The average Bonchev–Trinajstić information content (AvgIpc) is 2.48. The summed E-state index contributed by atoms with van der Waals surface area (Å²) in [7, 11) is 0. The summed E-state index contributed by atoms with van der Waals surface area (Å²) in [4.78, 5) is 23.1. The lowest BCUT2D eigenvalue weighted by Crippen LogP contribution is -2.38. The van der Waals surface area contributed by atoms with Crippen molar-refractivity contribution in [3.8, 4) is 0 Å². The average molecular weight is 291 g/mol. The minimum absolute atomic E-state index is 0.0351. The van der Waals surface area contributed by atoms with Crippen LogP contribution < -0.4 is 5.32 Å². The van der Waals surface area contributed by atoms with Gasteiger partial charge in [-0.25, -0.2) is 0 Å². The maximum Gasteiger partial charge on any atom is 0.312 e. The Balaban J connectivity index is 2.52. The SMILES string of the molecule is C=CCCOC(C)C(=O)NCC(C(=O)O)c1ccccc1. The van der Waals surface area contributed by atoms with Crippen LogP contribution in [-0.2, 0) is 14.3 Å². The van der Waals surface area contributed by atoms with Gasteiger partial charge in [-0.05, 0) is 18.9 Å². The van der Waals surface area contributed by atoms with Crippen molar-refractivity contribution in [1.82, 2.24) is 5.32 Å². The standard InChI is InChI=1S/C16H21NO4/c1-3-4-10-21-12(2)15(18)17-11-14(16(19)20)13-8-6-5-7-9-13/h3,5-9,12,14H,1,4,10-11H2,2H3,(H,17,18)(H,19,20). The van der Waals surface area contributed by atoms with E-state index in [1.807, 2.05) is 6.07 Å². The number of rotatable bonds is 9.